The molecular formula is C25H28BrN3O3. The first-order valence-electron chi connectivity index (χ1n) is 11.4. The van der Waals surface area contributed by atoms with Crippen molar-refractivity contribution in [2.24, 2.45) is 0 Å². The normalized spacial score (nSPS) is 22.1. The summed E-state index contributed by atoms with van der Waals surface area (Å²) in [6.45, 7) is 2.65. The highest BCUT2D eigenvalue weighted by atomic mass is 79.9. The molecule has 168 valence electrons. The highest BCUT2D eigenvalue weighted by molar-refractivity contribution is 9.10. The molecule has 3 heterocycles. The number of halogens is 1. The Kier molecular flexibility index (Phi) is 5.61. The van der Waals surface area contributed by atoms with Crippen molar-refractivity contribution in [2.75, 3.05) is 0 Å². The molecule has 3 aromatic rings. The number of rotatable bonds is 4. The molecule has 2 aliphatic rings. The molecule has 6 nitrogen and oxygen atoms in total. The maximum Gasteiger partial charge on any atom is 0.271 e. The van der Waals surface area contributed by atoms with Crippen LogP contribution in [0, 0.1) is 0 Å². The summed E-state index contributed by atoms with van der Waals surface area (Å²) in [6, 6.07) is 11.7. The van der Waals surface area contributed by atoms with Gasteiger partial charge in [-0.2, -0.15) is 0 Å². The summed E-state index contributed by atoms with van der Waals surface area (Å²) in [5.41, 5.74) is 2.05. The van der Waals surface area contributed by atoms with Gasteiger partial charge < -0.3 is 19.2 Å². The number of benzene rings is 1. The number of furan rings is 1. The zero-order chi connectivity index (χ0) is 22.3. The Morgan fingerprint density at radius 2 is 1.97 bits per heavy atom. The molecule has 1 fully saturated rings. The van der Waals surface area contributed by atoms with Crippen LogP contribution in [0.4, 0.5) is 0 Å². The van der Waals surface area contributed by atoms with Crippen LogP contribution in [0.15, 0.2) is 51.6 Å². The molecule has 0 bridgehead atoms. The summed E-state index contributed by atoms with van der Waals surface area (Å²) < 4.78 is 8.44. The molecular weight excluding hydrogens is 470 g/mol. The lowest BCUT2D eigenvalue weighted by atomic mass is 9.93. The zero-order valence-electron chi connectivity index (χ0n) is 18.3. The van der Waals surface area contributed by atoms with Crippen molar-refractivity contribution < 1.29 is 14.0 Å². The molecule has 0 unspecified atom stereocenters. The second kappa shape index (κ2) is 8.43. The van der Waals surface area contributed by atoms with E-state index in [0.717, 1.165) is 41.2 Å². The van der Waals surface area contributed by atoms with Crippen molar-refractivity contribution in [1.29, 1.82) is 0 Å². The number of nitrogens with one attached hydrogen (secondary N) is 1. The number of aromatic nitrogens is 1. The lowest BCUT2D eigenvalue weighted by molar-refractivity contribution is -0.134. The van der Waals surface area contributed by atoms with E-state index in [1.165, 1.54) is 12.8 Å². The number of nitrogens with zero attached hydrogens (tertiary/aromatic N) is 2. The molecule has 0 radical (unpaired) electrons. The summed E-state index contributed by atoms with van der Waals surface area (Å²) in [5.74, 6) is -0.232. The molecule has 0 saturated heterocycles. The average Bonchev–Trinajstić information content (AvgIpc) is 3.26. The highest BCUT2D eigenvalue weighted by Crippen LogP contribution is 2.34. The van der Waals surface area contributed by atoms with Crippen LogP contribution in [-0.4, -0.2) is 32.9 Å². The molecule has 1 aliphatic carbocycles. The zero-order valence-corrected chi connectivity index (χ0v) is 19.9. The first-order chi connectivity index (χ1) is 15.5. The van der Waals surface area contributed by atoms with Crippen molar-refractivity contribution >= 4 is 38.8 Å². The van der Waals surface area contributed by atoms with Crippen LogP contribution in [0.1, 0.15) is 61.5 Å². The van der Waals surface area contributed by atoms with Crippen molar-refractivity contribution in [1.82, 2.24) is 14.8 Å². The van der Waals surface area contributed by atoms with Gasteiger partial charge in [-0.25, -0.2) is 0 Å². The summed E-state index contributed by atoms with van der Waals surface area (Å²) in [6.07, 6.45) is 8.35. The van der Waals surface area contributed by atoms with Gasteiger partial charge in [0.2, 0.25) is 5.91 Å². The fraction of sp³-hybridized carbons (Fsp3) is 0.440. The molecule has 32 heavy (non-hydrogen) atoms. The topological polar surface area (TPSA) is 67.5 Å². The molecule has 1 aliphatic heterocycles. The van der Waals surface area contributed by atoms with E-state index >= 15 is 0 Å². The average molecular weight is 498 g/mol. The first-order valence-corrected chi connectivity index (χ1v) is 12.2. The van der Waals surface area contributed by atoms with Crippen molar-refractivity contribution in [3.05, 3.63) is 58.4 Å². The van der Waals surface area contributed by atoms with Crippen LogP contribution in [0.5, 0.6) is 0 Å². The number of hydrogen-bond donors (Lipinski definition) is 1. The SMILES string of the molecule is C[C@]1(C(=O)NC2CCCCCC2)Cn2c(cc3occc32)C(=O)N1Cc1cccc(Br)c1. The largest absolute Gasteiger partial charge is 0.463 e. The number of carbonyl (C=O) groups excluding carboxylic acids is 2. The van der Waals surface area contributed by atoms with E-state index in [0.29, 0.717) is 24.4 Å². The van der Waals surface area contributed by atoms with Gasteiger partial charge in [0.25, 0.3) is 5.91 Å². The molecule has 0 spiro atoms. The fourth-order valence-electron chi connectivity index (χ4n) is 5.10. The van der Waals surface area contributed by atoms with Gasteiger partial charge in [0.15, 0.2) is 5.58 Å². The number of amides is 2. The Bertz CT molecular complexity index is 1160. The van der Waals surface area contributed by atoms with Gasteiger partial charge in [-0.15, -0.1) is 0 Å². The lowest BCUT2D eigenvalue weighted by Gasteiger charge is -2.44. The van der Waals surface area contributed by atoms with Crippen LogP contribution in [0.2, 0.25) is 0 Å². The second-order valence-corrected chi connectivity index (χ2v) is 10.2. The Morgan fingerprint density at radius 1 is 1.19 bits per heavy atom. The quantitative estimate of drug-likeness (QED) is 0.500. The van der Waals surface area contributed by atoms with Crippen LogP contribution in [-0.2, 0) is 17.9 Å². The standard InChI is InChI=1S/C25H28BrN3O3/c1-25(24(31)27-19-9-4-2-3-5-10-19)16-28-20-11-12-32-22(20)14-21(28)23(30)29(25)15-17-7-6-8-18(26)13-17/h6-8,11-14,19H,2-5,9-10,15-16H2,1H3,(H,27,31)/t25-/m1/s1. The lowest BCUT2D eigenvalue weighted by Crippen LogP contribution is -2.64. The van der Waals surface area contributed by atoms with Crippen molar-refractivity contribution in [3.8, 4) is 0 Å². The molecule has 1 N–H and O–H groups in total. The first kappa shape index (κ1) is 21.3. The minimum Gasteiger partial charge on any atom is -0.463 e. The summed E-state index contributed by atoms with van der Waals surface area (Å²) in [7, 11) is 0. The van der Waals surface area contributed by atoms with Gasteiger partial charge in [0.05, 0.1) is 18.3 Å². The van der Waals surface area contributed by atoms with Crippen molar-refractivity contribution in [2.45, 2.75) is 70.1 Å². The third kappa shape index (κ3) is 3.76. The minimum absolute atomic E-state index is 0.0799. The van der Waals surface area contributed by atoms with E-state index in [1.807, 2.05) is 41.8 Å². The smallest absolute Gasteiger partial charge is 0.271 e. The van der Waals surface area contributed by atoms with Crippen LogP contribution >= 0.6 is 15.9 Å². The minimum atomic E-state index is -1.01. The van der Waals surface area contributed by atoms with E-state index in [2.05, 4.69) is 21.2 Å². The number of carbonyl (C=O) groups is 2. The second-order valence-electron chi connectivity index (χ2n) is 9.24. The summed E-state index contributed by atoms with van der Waals surface area (Å²) in [4.78, 5) is 29.2. The molecule has 1 aromatic carbocycles. The van der Waals surface area contributed by atoms with Gasteiger partial charge in [-0.05, 0) is 37.5 Å². The van der Waals surface area contributed by atoms with Crippen LogP contribution < -0.4 is 5.32 Å². The third-order valence-electron chi connectivity index (χ3n) is 6.96. The maximum absolute atomic E-state index is 13.8. The number of hydrogen-bond acceptors (Lipinski definition) is 3. The van der Waals surface area contributed by atoms with E-state index in [-0.39, 0.29) is 17.9 Å². The van der Waals surface area contributed by atoms with Gasteiger partial charge >= 0.3 is 0 Å². The highest BCUT2D eigenvalue weighted by Gasteiger charge is 2.48. The monoisotopic (exact) mass is 497 g/mol. The molecule has 1 atom stereocenters. The Hall–Kier alpha value is -2.54. The fourth-order valence-corrected chi connectivity index (χ4v) is 5.55. The summed E-state index contributed by atoms with van der Waals surface area (Å²) in [5, 5.41) is 3.30. The van der Waals surface area contributed by atoms with Gasteiger partial charge in [-0.3, -0.25) is 9.59 Å². The van der Waals surface area contributed by atoms with Crippen molar-refractivity contribution in [3.63, 3.8) is 0 Å². The maximum atomic E-state index is 13.8. The molecule has 2 aromatic heterocycles. The van der Waals surface area contributed by atoms with Crippen LogP contribution in [0.3, 0.4) is 0 Å². The molecule has 2 amide bonds. The van der Waals surface area contributed by atoms with Gasteiger partial charge in [-0.1, -0.05) is 53.7 Å². The Labute approximate surface area is 196 Å². The van der Waals surface area contributed by atoms with E-state index < -0.39 is 5.54 Å². The van der Waals surface area contributed by atoms with E-state index in [1.54, 1.807) is 17.2 Å². The van der Waals surface area contributed by atoms with Gasteiger partial charge in [0, 0.05) is 29.2 Å². The third-order valence-corrected chi connectivity index (χ3v) is 7.45. The molecule has 1 saturated carbocycles. The molecule has 7 heteroatoms. The van der Waals surface area contributed by atoms with E-state index in [9.17, 15) is 9.59 Å². The Balaban J connectivity index is 1.52. The van der Waals surface area contributed by atoms with Crippen LogP contribution in [0.25, 0.3) is 11.1 Å². The predicted octanol–water partition coefficient (Wildman–Crippen LogP) is 5.25. The predicted molar refractivity (Wildman–Crippen MR) is 126 cm³/mol. The van der Waals surface area contributed by atoms with Gasteiger partial charge in [0.1, 0.15) is 11.2 Å². The van der Waals surface area contributed by atoms with E-state index in [4.69, 9.17) is 4.42 Å². The molecule has 5 rings (SSSR count). The Morgan fingerprint density at radius 3 is 2.72 bits per heavy atom. The summed E-state index contributed by atoms with van der Waals surface area (Å²) >= 11 is 3.52. The number of fused-ring (bicyclic) bond motifs is 3.